The van der Waals surface area contributed by atoms with Gasteiger partial charge in [-0.3, -0.25) is 14.5 Å². The quantitative estimate of drug-likeness (QED) is 0.773. The highest BCUT2D eigenvalue weighted by Gasteiger charge is 2.24. The molecule has 0 unspecified atom stereocenters. The molecule has 0 N–H and O–H groups in total. The van der Waals surface area contributed by atoms with E-state index in [1.54, 1.807) is 12.1 Å². The second kappa shape index (κ2) is 8.62. The van der Waals surface area contributed by atoms with Gasteiger partial charge in [-0.2, -0.15) is 0 Å². The van der Waals surface area contributed by atoms with Crippen LogP contribution in [-0.2, 0) is 4.79 Å². The van der Waals surface area contributed by atoms with Gasteiger partial charge < -0.3 is 9.80 Å². The summed E-state index contributed by atoms with van der Waals surface area (Å²) < 4.78 is 14.3. The average molecular weight is 361 g/mol. The second-order valence-electron chi connectivity index (χ2n) is 7.28. The molecule has 26 heavy (non-hydrogen) atoms. The van der Waals surface area contributed by atoms with E-state index >= 15 is 0 Å². The molecule has 1 aromatic carbocycles. The smallest absolute Gasteiger partial charge is 0.236 e. The summed E-state index contributed by atoms with van der Waals surface area (Å²) in [4.78, 5) is 30.0. The van der Waals surface area contributed by atoms with Gasteiger partial charge in [-0.05, 0) is 51.1 Å². The van der Waals surface area contributed by atoms with Gasteiger partial charge in [-0.1, -0.05) is 12.8 Å². The standard InChI is InChI=1S/C20H28FN3O2/c1-16(25)17-6-7-19(18(21)14-17)23-10-12-24(13-11-23)20(26)15-22-8-4-2-3-5-9-22/h6-7,14H,2-5,8-13,15H2,1H3. The fraction of sp³-hybridized carbons (Fsp3) is 0.600. The summed E-state index contributed by atoms with van der Waals surface area (Å²) in [6.45, 7) is 6.41. The molecule has 0 spiro atoms. The van der Waals surface area contributed by atoms with Crippen LogP contribution >= 0.6 is 0 Å². The predicted molar refractivity (Wildman–Crippen MR) is 100 cm³/mol. The molecular weight excluding hydrogens is 333 g/mol. The van der Waals surface area contributed by atoms with E-state index in [-0.39, 0.29) is 17.5 Å². The number of nitrogens with zero attached hydrogens (tertiary/aromatic N) is 3. The number of halogens is 1. The summed E-state index contributed by atoms with van der Waals surface area (Å²) in [6.07, 6.45) is 4.88. The normalized spacial score (nSPS) is 19.3. The van der Waals surface area contributed by atoms with Crippen LogP contribution in [0, 0.1) is 5.82 Å². The molecule has 0 aliphatic carbocycles. The van der Waals surface area contributed by atoms with Crippen LogP contribution in [0.3, 0.4) is 0 Å². The lowest BCUT2D eigenvalue weighted by molar-refractivity contribution is -0.132. The lowest BCUT2D eigenvalue weighted by Gasteiger charge is -2.37. The van der Waals surface area contributed by atoms with Gasteiger partial charge in [0.1, 0.15) is 5.82 Å². The Morgan fingerprint density at radius 3 is 2.19 bits per heavy atom. The van der Waals surface area contributed by atoms with Gasteiger partial charge in [-0.25, -0.2) is 4.39 Å². The summed E-state index contributed by atoms with van der Waals surface area (Å²) in [5.41, 5.74) is 0.895. The molecule has 5 nitrogen and oxygen atoms in total. The summed E-state index contributed by atoms with van der Waals surface area (Å²) >= 11 is 0. The first kappa shape index (κ1) is 18.8. The molecule has 3 rings (SSSR count). The molecular formula is C20H28FN3O2. The van der Waals surface area contributed by atoms with Crippen LogP contribution in [-0.4, -0.2) is 67.3 Å². The van der Waals surface area contributed by atoms with E-state index in [1.165, 1.54) is 38.7 Å². The van der Waals surface area contributed by atoms with Crippen molar-refractivity contribution in [3.63, 3.8) is 0 Å². The van der Waals surface area contributed by atoms with Crippen LogP contribution in [0.25, 0.3) is 0 Å². The number of hydrogen-bond acceptors (Lipinski definition) is 4. The van der Waals surface area contributed by atoms with Gasteiger partial charge in [0.15, 0.2) is 5.78 Å². The Labute approximate surface area is 154 Å². The summed E-state index contributed by atoms with van der Waals surface area (Å²) in [5, 5.41) is 0. The first-order valence-corrected chi connectivity index (χ1v) is 9.60. The van der Waals surface area contributed by atoms with Crippen LogP contribution < -0.4 is 4.90 Å². The Kier molecular flexibility index (Phi) is 6.25. The minimum absolute atomic E-state index is 0.139. The Balaban J connectivity index is 1.53. The molecule has 0 aromatic heterocycles. The van der Waals surface area contributed by atoms with Crippen molar-refractivity contribution in [3.05, 3.63) is 29.6 Å². The number of benzene rings is 1. The first-order valence-electron chi connectivity index (χ1n) is 9.60. The topological polar surface area (TPSA) is 43.9 Å². The lowest BCUT2D eigenvalue weighted by Crippen LogP contribution is -2.51. The zero-order valence-corrected chi connectivity index (χ0v) is 15.5. The molecule has 1 aromatic rings. The SMILES string of the molecule is CC(=O)c1ccc(N2CCN(C(=O)CN3CCCCCC3)CC2)c(F)c1. The molecule has 0 radical (unpaired) electrons. The van der Waals surface area contributed by atoms with Gasteiger partial charge in [0.25, 0.3) is 0 Å². The zero-order chi connectivity index (χ0) is 18.5. The number of ketones is 1. The first-order chi connectivity index (χ1) is 12.5. The van der Waals surface area contributed by atoms with E-state index in [9.17, 15) is 14.0 Å². The molecule has 2 aliphatic heterocycles. The molecule has 2 heterocycles. The summed E-state index contributed by atoms with van der Waals surface area (Å²) in [6, 6.07) is 4.63. The van der Waals surface area contributed by atoms with E-state index in [2.05, 4.69) is 4.90 Å². The zero-order valence-electron chi connectivity index (χ0n) is 15.5. The highest BCUT2D eigenvalue weighted by Crippen LogP contribution is 2.22. The van der Waals surface area contributed by atoms with Crippen molar-refractivity contribution in [3.8, 4) is 0 Å². The number of rotatable bonds is 4. The second-order valence-corrected chi connectivity index (χ2v) is 7.28. The fourth-order valence-electron chi connectivity index (χ4n) is 3.76. The molecule has 6 heteroatoms. The third-order valence-electron chi connectivity index (χ3n) is 5.38. The van der Waals surface area contributed by atoms with Crippen LogP contribution in [0.5, 0.6) is 0 Å². The van der Waals surface area contributed by atoms with E-state index < -0.39 is 0 Å². The molecule has 2 saturated heterocycles. The number of amides is 1. The van der Waals surface area contributed by atoms with Crippen LogP contribution in [0.4, 0.5) is 10.1 Å². The van der Waals surface area contributed by atoms with Crippen molar-refractivity contribution >= 4 is 17.4 Å². The minimum Gasteiger partial charge on any atom is -0.366 e. The highest BCUT2D eigenvalue weighted by molar-refractivity contribution is 5.94. The van der Waals surface area contributed by atoms with Gasteiger partial charge >= 0.3 is 0 Å². The van der Waals surface area contributed by atoms with E-state index in [0.717, 1.165) is 13.1 Å². The highest BCUT2D eigenvalue weighted by atomic mass is 19.1. The molecule has 2 fully saturated rings. The van der Waals surface area contributed by atoms with Gasteiger partial charge in [0, 0.05) is 31.7 Å². The lowest BCUT2D eigenvalue weighted by atomic mass is 10.1. The Morgan fingerprint density at radius 1 is 0.962 bits per heavy atom. The summed E-state index contributed by atoms with van der Waals surface area (Å²) in [7, 11) is 0. The average Bonchev–Trinajstić information content (AvgIpc) is 2.90. The Morgan fingerprint density at radius 2 is 1.62 bits per heavy atom. The van der Waals surface area contributed by atoms with E-state index in [1.807, 2.05) is 9.80 Å². The maximum atomic E-state index is 14.3. The molecule has 142 valence electrons. The number of hydrogen-bond donors (Lipinski definition) is 0. The fourth-order valence-corrected chi connectivity index (χ4v) is 3.76. The van der Waals surface area contributed by atoms with Crippen molar-refractivity contribution in [2.45, 2.75) is 32.6 Å². The summed E-state index contributed by atoms with van der Waals surface area (Å²) in [5.74, 6) is -0.333. The number of carbonyl (C=O) groups excluding carboxylic acids is 2. The molecule has 0 bridgehead atoms. The third-order valence-corrected chi connectivity index (χ3v) is 5.38. The number of carbonyl (C=O) groups is 2. The largest absolute Gasteiger partial charge is 0.366 e. The van der Waals surface area contributed by atoms with Gasteiger partial charge in [0.05, 0.1) is 12.2 Å². The Bertz CT molecular complexity index is 648. The number of anilines is 1. The van der Waals surface area contributed by atoms with E-state index in [0.29, 0.717) is 44.0 Å². The number of Topliss-reactive ketones (excluding diaryl/α,β-unsaturated/α-hetero) is 1. The molecule has 0 atom stereocenters. The molecule has 0 saturated carbocycles. The monoisotopic (exact) mass is 361 g/mol. The van der Waals surface area contributed by atoms with Crippen molar-refractivity contribution in [1.82, 2.24) is 9.80 Å². The number of piperazine rings is 1. The number of likely N-dealkylation sites (tertiary alicyclic amines) is 1. The molecule has 1 amide bonds. The van der Waals surface area contributed by atoms with Crippen molar-refractivity contribution in [1.29, 1.82) is 0 Å². The maximum absolute atomic E-state index is 14.3. The van der Waals surface area contributed by atoms with Crippen molar-refractivity contribution in [2.24, 2.45) is 0 Å². The van der Waals surface area contributed by atoms with Crippen LogP contribution in [0.1, 0.15) is 43.0 Å². The van der Waals surface area contributed by atoms with E-state index in [4.69, 9.17) is 0 Å². The Hall–Kier alpha value is -1.95. The van der Waals surface area contributed by atoms with Crippen molar-refractivity contribution < 1.29 is 14.0 Å². The van der Waals surface area contributed by atoms with Gasteiger partial charge in [-0.15, -0.1) is 0 Å². The van der Waals surface area contributed by atoms with Crippen LogP contribution in [0.2, 0.25) is 0 Å². The third kappa shape index (κ3) is 4.61. The predicted octanol–water partition coefficient (Wildman–Crippen LogP) is 2.55. The maximum Gasteiger partial charge on any atom is 0.236 e. The van der Waals surface area contributed by atoms with Crippen molar-refractivity contribution in [2.75, 3.05) is 50.7 Å². The minimum atomic E-state index is -0.373. The van der Waals surface area contributed by atoms with Crippen LogP contribution in [0.15, 0.2) is 18.2 Å². The van der Waals surface area contributed by atoms with Gasteiger partial charge in [0.2, 0.25) is 5.91 Å². The molecule has 2 aliphatic rings.